The van der Waals surface area contributed by atoms with Crippen LogP contribution < -0.4 is 5.73 Å². The number of nitrogens with zero attached hydrogens (tertiary/aromatic N) is 3. The average molecular weight is 253 g/mol. The molecule has 0 saturated heterocycles. The van der Waals surface area contributed by atoms with Gasteiger partial charge in [-0.1, -0.05) is 0 Å². The van der Waals surface area contributed by atoms with Gasteiger partial charge in [-0.05, 0) is 35.0 Å². The summed E-state index contributed by atoms with van der Waals surface area (Å²) >= 11 is 3.41. The van der Waals surface area contributed by atoms with E-state index in [1.165, 1.54) is 0 Å². The first-order chi connectivity index (χ1) is 6.70. The summed E-state index contributed by atoms with van der Waals surface area (Å²) in [5.41, 5.74) is 7.26. The predicted octanol–water partition coefficient (Wildman–Crippen LogP) is 1.92. The molecular weight excluding hydrogens is 244 g/mol. The molecule has 5 heteroatoms. The van der Waals surface area contributed by atoms with Crippen molar-refractivity contribution < 1.29 is 0 Å². The van der Waals surface area contributed by atoms with Crippen molar-refractivity contribution >= 4 is 21.6 Å². The zero-order valence-corrected chi connectivity index (χ0v) is 9.19. The highest BCUT2D eigenvalue weighted by Crippen LogP contribution is 2.20. The fourth-order valence-electron chi connectivity index (χ4n) is 1.17. The molecule has 0 aliphatic rings. The van der Waals surface area contributed by atoms with E-state index < -0.39 is 0 Å². The maximum atomic E-state index is 5.70. The van der Waals surface area contributed by atoms with E-state index >= 15 is 0 Å². The monoisotopic (exact) mass is 252 g/mol. The average Bonchev–Trinajstić information content (AvgIpc) is 2.49. The van der Waals surface area contributed by atoms with E-state index in [1.807, 2.05) is 19.1 Å². The summed E-state index contributed by atoms with van der Waals surface area (Å²) in [5, 5.41) is 4.15. The third-order valence-corrected chi connectivity index (χ3v) is 2.61. The molecule has 0 radical (unpaired) electrons. The zero-order valence-electron chi connectivity index (χ0n) is 7.61. The van der Waals surface area contributed by atoms with Crippen molar-refractivity contribution in [1.82, 2.24) is 14.8 Å². The van der Waals surface area contributed by atoms with Crippen molar-refractivity contribution in [3.05, 3.63) is 34.7 Å². The molecule has 0 bridgehead atoms. The van der Waals surface area contributed by atoms with E-state index in [2.05, 4.69) is 26.0 Å². The fourth-order valence-corrected chi connectivity index (χ4v) is 1.59. The topological polar surface area (TPSA) is 56.7 Å². The first-order valence-electron chi connectivity index (χ1n) is 4.11. The lowest BCUT2D eigenvalue weighted by atomic mass is 10.4. The molecule has 0 aliphatic carbocycles. The van der Waals surface area contributed by atoms with Gasteiger partial charge < -0.3 is 5.73 Å². The SMILES string of the molecule is Cc1c(N)cnn1-c1ncccc1Br. The van der Waals surface area contributed by atoms with Gasteiger partial charge in [0.2, 0.25) is 0 Å². The van der Waals surface area contributed by atoms with Crippen LogP contribution in [-0.4, -0.2) is 14.8 Å². The Labute approximate surface area is 89.9 Å². The molecule has 0 saturated carbocycles. The van der Waals surface area contributed by atoms with E-state index in [-0.39, 0.29) is 0 Å². The van der Waals surface area contributed by atoms with E-state index in [0.29, 0.717) is 5.69 Å². The second-order valence-corrected chi connectivity index (χ2v) is 3.76. The molecule has 2 heterocycles. The fraction of sp³-hybridized carbons (Fsp3) is 0.111. The maximum absolute atomic E-state index is 5.70. The highest BCUT2D eigenvalue weighted by molar-refractivity contribution is 9.10. The van der Waals surface area contributed by atoms with Crippen molar-refractivity contribution in [3.8, 4) is 5.82 Å². The summed E-state index contributed by atoms with van der Waals surface area (Å²) in [6, 6.07) is 3.77. The predicted molar refractivity (Wildman–Crippen MR) is 58.2 cm³/mol. The van der Waals surface area contributed by atoms with Crippen LogP contribution in [0.5, 0.6) is 0 Å². The molecule has 2 rings (SSSR count). The van der Waals surface area contributed by atoms with Crippen LogP contribution in [0.4, 0.5) is 5.69 Å². The minimum atomic E-state index is 0.669. The number of hydrogen-bond donors (Lipinski definition) is 1. The van der Waals surface area contributed by atoms with Crippen LogP contribution in [-0.2, 0) is 0 Å². The minimum Gasteiger partial charge on any atom is -0.396 e. The molecular formula is C9H9BrN4. The van der Waals surface area contributed by atoms with Gasteiger partial charge in [-0.25, -0.2) is 9.67 Å². The Balaban J connectivity index is 2.60. The summed E-state index contributed by atoms with van der Waals surface area (Å²) in [7, 11) is 0. The highest BCUT2D eigenvalue weighted by Gasteiger charge is 2.08. The number of anilines is 1. The molecule has 0 fully saturated rings. The highest BCUT2D eigenvalue weighted by atomic mass is 79.9. The number of nitrogens with two attached hydrogens (primary N) is 1. The van der Waals surface area contributed by atoms with Crippen molar-refractivity contribution in [2.75, 3.05) is 5.73 Å². The quantitative estimate of drug-likeness (QED) is 0.844. The number of nitrogen functional groups attached to an aromatic ring is 1. The van der Waals surface area contributed by atoms with E-state index in [0.717, 1.165) is 16.0 Å². The molecule has 0 atom stereocenters. The lowest BCUT2D eigenvalue weighted by Gasteiger charge is -2.04. The number of halogens is 1. The minimum absolute atomic E-state index is 0.669. The van der Waals surface area contributed by atoms with Crippen LogP contribution in [0.15, 0.2) is 29.0 Å². The van der Waals surface area contributed by atoms with Crippen LogP contribution in [0, 0.1) is 6.92 Å². The number of aromatic nitrogens is 3. The summed E-state index contributed by atoms with van der Waals surface area (Å²) in [4.78, 5) is 4.22. The van der Waals surface area contributed by atoms with Gasteiger partial charge in [0.25, 0.3) is 0 Å². The van der Waals surface area contributed by atoms with E-state index in [9.17, 15) is 0 Å². The van der Waals surface area contributed by atoms with Crippen molar-refractivity contribution in [2.45, 2.75) is 6.92 Å². The van der Waals surface area contributed by atoms with Gasteiger partial charge >= 0.3 is 0 Å². The van der Waals surface area contributed by atoms with Gasteiger partial charge in [0.05, 0.1) is 22.1 Å². The maximum Gasteiger partial charge on any atom is 0.167 e. The largest absolute Gasteiger partial charge is 0.396 e. The first-order valence-corrected chi connectivity index (χ1v) is 4.90. The Kier molecular flexibility index (Phi) is 2.25. The summed E-state index contributed by atoms with van der Waals surface area (Å²) < 4.78 is 2.60. The smallest absolute Gasteiger partial charge is 0.167 e. The van der Waals surface area contributed by atoms with Gasteiger partial charge in [-0.15, -0.1) is 0 Å². The van der Waals surface area contributed by atoms with Gasteiger partial charge in [-0.3, -0.25) is 0 Å². The van der Waals surface area contributed by atoms with Crippen LogP contribution in [0.2, 0.25) is 0 Å². The summed E-state index contributed by atoms with van der Waals surface area (Å²) in [5.74, 6) is 0.752. The van der Waals surface area contributed by atoms with Crippen molar-refractivity contribution in [2.24, 2.45) is 0 Å². The first kappa shape index (κ1) is 9.21. The third kappa shape index (κ3) is 1.39. The van der Waals surface area contributed by atoms with Crippen LogP contribution >= 0.6 is 15.9 Å². The molecule has 2 N–H and O–H groups in total. The van der Waals surface area contributed by atoms with E-state index in [4.69, 9.17) is 5.73 Å². The molecule has 2 aromatic heterocycles. The second kappa shape index (κ2) is 3.42. The third-order valence-electron chi connectivity index (χ3n) is 1.99. The number of pyridine rings is 1. The molecule has 0 aromatic carbocycles. The Morgan fingerprint density at radius 2 is 2.29 bits per heavy atom. The summed E-state index contributed by atoms with van der Waals surface area (Å²) in [6.45, 7) is 1.91. The van der Waals surface area contributed by atoms with Gasteiger partial charge in [0.15, 0.2) is 5.82 Å². The molecule has 72 valence electrons. The van der Waals surface area contributed by atoms with Crippen LogP contribution in [0.3, 0.4) is 0 Å². The standard InChI is InChI=1S/C9H9BrN4/c1-6-8(11)5-13-14(6)9-7(10)3-2-4-12-9/h2-5H,11H2,1H3. The Morgan fingerprint density at radius 1 is 1.50 bits per heavy atom. The Bertz CT molecular complexity index is 464. The van der Waals surface area contributed by atoms with Crippen molar-refractivity contribution in [3.63, 3.8) is 0 Å². The van der Waals surface area contributed by atoms with E-state index in [1.54, 1.807) is 17.1 Å². The number of hydrogen-bond acceptors (Lipinski definition) is 3. The van der Waals surface area contributed by atoms with Crippen LogP contribution in [0.1, 0.15) is 5.69 Å². The molecule has 0 spiro atoms. The van der Waals surface area contributed by atoms with Gasteiger partial charge in [0.1, 0.15) is 0 Å². The Morgan fingerprint density at radius 3 is 2.86 bits per heavy atom. The Hall–Kier alpha value is -1.36. The van der Waals surface area contributed by atoms with Crippen LogP contribution in [0.25, 0.3) is 5.82 Å². The lowest BCUT2D eigenvalue weighted by molar-refractivity contribution is 0.813. The van der Waals surface area contributed by atoms with Gasteiger partial charge in [-0.2, -0.15) is 5.10 Å². The molecule has 0 unspecified atom stereocenters. The second-order valence-electron chi connectivity index (χ2n) is 2.91. The van der Waals surface area contributed by atoms with Crippen molar-refractivity contribution in [1.29, 1.82) is 0 Å². The lowest BCUT2D eigenvalue weighted by Crippen LogP contribution is -2.02. The molecule has 0 aliphatic heterocycles. The summed E-state index contributed by atoms with van der Waals surface area (Å²) in [6.07, 6.45) is 3.34. The molecule has 4 nitrogen and oxygen atoms in total. The number of rotatable bonds is 1. The zero-order chi connectivity index (χ0) is 10.1. The molecule has 14 heavy (non-hydrogen) atoms. The van der Waals surface area contributed by atoms with Gasteiger partial charge in [0, 0.05) is 6.20 Å². The molecule has 0 amide bonds. The normalized spacial score (nSPS) is 10.4. The molecule has 2 aromatic rings.